The van der Waals surface area contributed by atoms with E-state index in [0.717, 1.165) is 0 Å². The predicted octanol–water partition coefficient (Wildman–Crippen LogP) is 8.87. The second-order valence-corrected chi connectivity index (χ2v) is 9.91. The van der Waals surface area contributed by atoms with Gasteiger partial charge in [-0.15, -0.1) is 0 Å². The summed E-state index contributed by atoms with van der Waals surface area (Å²) in [6.07, 6.45) is 0. The minimum absolute atomic E-state index is 0.00581. The molecule has 0 heteroatoms. The molecule has 0 fully saturated rings. The quantitative estimate of drug-likeness (QED) is 0.238. The Kier molecular flexibility index (Phi) is 3.36. The van der Waals surface area contributed by atoms with Crippen LogP contribution in [0.5, 0.6) is 0 Å². The molecule has 0 amide bonds. The van der Waals surface area contributed by atoms with E-state index in [9.17, 15) is 0 Å². The SMILES string of the molecule is Cc1ccc2c(c1)C(C)(C)c1cc(-c3cc4cccc5ccc6cccc3c6c54)ccc1-2. The van der Waals surface area contributed by atoms with Crippen LogP contribution >= 0.6 is 0 Å². The van der Waals surface area contributed by atoms with Crippen molar-refractivity contribution in [3.05, 3.63) is 108 Å². The van der Waals surface area contributed by atoms with Crippen LogP contribution in [-0.4, -0.2) is 0 Å². The Hall–Kier alpha value is -3.64. The van der Waals surface area contributed by atoms with E-state index in [1.165, 1.54) is 71.3 Å². The van der Waals surface area contributed by atoms with Crippen LogP contribution < -0.4 is 0 Å². The van der Waals surface area contributed by atoms with Crippen LogP contribution in [0.1, 0.15) is 30.5 Å². The summed E-state index contributed by atoms with van der Waals surface area (Å²) in [7, 11) is 0. The molecule has 0 aromatic heterocycles. The van der Waals surface area contributed by atoms with Crippen molar-refractivity contribution < 1.29 is 0 Å². The van der Waals surface area contributed by atoms with E-state index in [4.69, 9.17) is 0 Å². The highest BCUT2D eigenvalue weighted by atomic mass is 14.4. The van der Waals surface area contributed by atoms with E-state index in [-0.39, 0.29) is 5.41 Å². The Labute approximate surface area is 188 Å². The summed E-state index contributed by atoms with van der Waals surface area (Å²) in [5.41, 5.74) is 9.61. The highest BCUT2D eigenvalue weighted by molar-refractivity contribution is 6.26. The third kappa shape index (κ3) is 2.22. The molecular formula is C32H24. The molecule has 0 aliphatic heterocycles. The van der Waals surface area contributed by atoms with E-state index in [2.05, 4.69) is 112 Å². The van der Waals surface area contributed by atoms with Gasteiger partial charge in [0.05, 0.1) is 0 Å². The zero-order chi connectivity index (χ0) is 21.6. The molecule has 0 unspecified atom stereocenters. The van der Waals surface area contributed by atoms with Gasteiger partial charge < -0.3 is 0 Å². The number of hydrogen-bond acceptors (Lipinski definition) is 0. The van der Waals surface area contributed by atoms with Gasteiger partial charge in [0.25, 0.3) is 0 Å². The average Bonchev–Trinajstić information content (AvgIpc) is 3.03. The number of fused-ring (bicyclic) bond motifs is 3. The van der Waals surface area contributed by atoms with Gasteiger partial charge in [0.1, 0.15) is 0 Å². The molecule has 0 atom stereocenters. The number of hydrogen-bond donors (Lipinski definition) is 0. The molecule has 7 rings (SSSR count). The lowest BCUT2D eigenvalue weighted by atomic mass is 9.80. The molecule has 6 aromatic carbocycles. The van der Waals surface area contributed by atoms with Crippen molar-refractivity contribution in [3.63, 3.8) is 0 Å². The highest BCUT2D eigenvalue weighted by Gasteiger charge is 2.35. The molecule has 0 saturated carbocycles. The Balaban J connectivity index is 1.54. The molecule has 1 aliphatic carbocycles. The number of aryl methyl sites for hydroxylation is 1. The summed E-state index contributed by atoms with van der Waals surface area (Å²) in [6.45, 7) is 6.93. The maximum absolute atomic E-state index is 2.45. The summed E-state index contributed by atoms with van der Waals surface area (Å²) in [4.78, 5) is 0. The Morgan fingerprint density at radius 1 is 0.531 bits per heavy atom. The molecule has 1 aliphatic rings. The van der Waals surface area contributed by atoms with E-state index in [1.54, 1.807) is 0 Å². The molecule has 0 nitrogen and oxygen atoms in total. The molecule has 0 spiro atoms. The maximum atomic E-state index is 2.45. The summed E-state index contributed by atoms with van der Waals surface area (Å²) in [5, 5.41) is 8.07. The number of rotatable bonds is 1. The molecule has 0 heterocycles. The lowest BCUT2D eigenvalue weighted by molar-refractivity contribution is 0.660. The van der Waals surface area contributed by atoms with Gasteiger partial charge in [-0.2, -0.15) is 0 Å². The molecule has 0 N–H and O–H groups in total. The first-order chi connectivity index (χ1) is 15.5. The van der Waals surface area contributed by atoms with Crippen LogP contribution in [0.25, 0.3) is 54.6 Å². The van der Waals surface area contributed by atoms with Crippen molar-refractivity contribution in [2.75, 3.05) is 0 Å². The summed E-state index contributed by atoms with van der Waals surface area (Å²) >= 11 is 0. The van der Waals surface area contributed by atoms with Crippen molar-refractivity contribution in [3.8, 4) is 22.3 Å². The van der Waals surface area contributed by atoms with Crippen molar-refractivity contribution in [1.82, 2.24) is 0 Å². The summed E-state index contributed by atoms with van der Waals surface area (Å²) in [6, 6.07) is 34.3. The van der Waals surface area contributed by atoms with Gasteiger partial charge in [0, 0.05) is 5.41 Å². The second-order valence-electron chi connectivity index (χ2n) is 9.91. The topological polar surface area (TPSA) is 0 Å². The molecule has 0 radical (unpaired) electrons. The fourth-order valence-corrected chi connectivity index (χ4v) is 6.02. The van der Waals surface area contributed by atoms with Crippen LogP contribution in [0.3, 0.4) is 0 Å². The van der Waals surface area contributed by atoms with Crippen molar-refractivity contribution >= 4 is 32.3 Å². The Morgan fingerprint density at radius 3 is 2.00 bits per heavy atom. The van der Waals surface area contributed by atoms with Gasteiger partial charge in [-0.1, -0.05) is 98.3 Å². The molecule has 0 bridgehead atoms. The predicted molar refractivity (Wildman–Crippen MR) is 138 cm³/mol. The first kappa shape index (κ1) is 18.0. The summed E-state index contributed by atoms with van der Waals surface area (Å²) in [5.74, 6) is 0. The lowest BCUT2D eigenvalue weighted by Crippen LogP contribution is -2.15. The smallest absolute Gasteiger partial charge is 0.0159 e. The van der Waals surface area contributed by atoms with Crippen LogP contribution in [0.4, 0.5) is 0 Å². The van der Waals surface area contributed by atoms with Crippen LogP contribution in [0.2, 0.25) is 0 Å². The molecular weight excluding hydrogens is 384 g/mol. The van der Waals surface area contributed by atoms with E-state index < -0.39 is 0 Å². The Morgan fingerprint density at radius 2 is 1.19 bits per heavy atom. The zero-order valence-electron chi connectivity index (χ0n) is 18.7. The first-order valence-electron chi connectivity index (χ1n) is 11.5. The van der Waals surface area contributed by atoms with E-state index >= 15 is 0 Å². The van der Waals surface area contributed by atoms with Crippen molar-refractivity contribution in [2.24, 2.45) is 0 Å². The normalized spacial score (nSPS) is 14.3. The number of benzene rings is 6. The van der Waals surface area contributed by atoms with Gasteiger partial charge >= 0.3 is 0 Å². The maximum Gasteiger partial charge on any atom is 0.0159 e. The van der Waals surface area contributed by atoms with Gasteiger partial charge in [-0.25, -0.2) is 0 Å². The molecule has 6 aromatic rings. The standard InChI is InChI=1S/C32H24/c1-19-10-14-24-25-15-13-22(18-29(25)32(2,3)28(24)16-19)27-17-23-8-4-6-20-11-12-21-7-5-9-26(27)31(21)30(20)23/h4-18H,1-3H3. The molecule has 0 saturated heterocycles. The van der Waals surface area contributed by atoms with Crippen molar-refractivity contribution in [2.45, 2.75) is 26.2 Å². The molecule has 32 heavy (non-hydrogen) atoms. The minimum atomic E-state index is 0.00581. The third-order valence-corrected chi connectivity index (χ3v) is 7.65. The second kappa shape index (κ2) is 5.99. The van der Waals surface area contributed by atoms with Gasteiger partial charge in [-0.05, 0) is 84.8 Å². The zero-order valence-corrected chi connectivity index (χ0v) is 18.7. The van der Waals surface area contributed by atoms with Crippen LogP contribution in [-0.2, 0) is 5.41 Å². The Bertz CT molecular complexity index is 1700. The third-order valence-electron chi connectivity index (χ3n) is 7.65. The molecule has 152 valence electrons. The summed E-state index contributed by atoms with van der Waals surface area (Å²) < 4.78 is 0. The highest BCUT2D eigenvalue weighted by Crippen LogP contribution is 2.50. The fourth-order valence-electron chi connectivity index (χ4n) is 6.02. The fraction of sp³-hybridized carbons (Fsp3) is 0.125. The van der Waals surface area contributed by atoms with E-state index in [1.807, 2.05) is 0 Å². The van der Waals surface area contributed by atoms with Crippen LogP contribution in [0.15, 0.2) is 91.0 Å². The lowest BCUT2D eigenvalue weighted by Gasteiger charge is -2.23. The minimum Gasteiger partial charge on any atom is -0.0610 e. The van der Waals surface area contributed by atoms with Crippen molar-refractivity contribution in [1.29, 1.82) is 0 Å². The van der Waals surface area contributed by atoms with Gasteiger partial charge in [-0.3, -0.25) is 0 Å². The first-order valence-corrected chi connectivity index (χ1v) is 11.5. The van der Waals surface area contributed by atoms with Gasteiger partial charge in [0.2, 0.25) is 0 Å². The average molecular weight is 409 g/mol. The monoisotopic (exact) mass is 408 g/mol. The van der Waals surface area contributed by atoms with E-state index in [0.29, 0.717) is 0 Å². The van der Waals surface area contributed by atoms with Gasteiger partial charge in [0.15, 0.2) is 0 Å². The van der Waals surface area contributed by atoms with Crippen LogP contribution in [0, 0.1) is 6.92 Å². The largest absolute Gasteiger partial charge is 0.0610 e.